The van der Waals surface area contributed by atoms with Crippen molar-refractivity contribution in [3.05, 3.63) is 88.6 Å². The number of hydrogen-bond acceptors (Lipinski definition) is 1. The molecule has 4 aromatic rings. The van der Waals surface area contributed by atoms with Gasteiger partial charge in [-0.25, -0.2) is 4.57 Å². The maximum Gasteiger partial charge on any atom is 0.213 e. The van der Waals surface area contributed by atoms with Crippen molar-refractivity contribution in [2.75, 3.05) is 0 Å². The zero-order valence-electron chi connectivity index (χ0n) is 25.2. The molecule has 0 bridgehead atoms. The second-order valence-electron chi connectivity index (χ2n) is 11.6. The van der Waals surface area contributed by atoms with Crippen molar-refractivity contribution in [3.8, 4) is 28.5 Å². The van der Waals surface area contributed by atoms with E-state index < -0.39 is 6.85 Å². The van der Waals surface area contributed by atoms with Gasteiger partial charge in [-0.3, -0.25) is 0 Å². The fraction of sp³-hybridized carbons (Fsp3) is 0.333. The van der Waals surface area contributed by atoms with Crippen LogP contribution in [-0.2, 0) is 17.9 Å². The largest absolute Gasteiger partial charge is 0.213 e. The fourth-order valence-electron chi connectivity index (χ4n) is 4.83. The van der Waals surface area contributed by atoms with Crippen LogP contribution in [0.4, 0.5) is 0 Å². The lowest BCUT2D eigenvalue weighted by Crippen LogP contribution is -2.31. The van der Waals surface area contributed by atoms with Gasteiger partial charge in [0.05, 0.1) is 11.6 Å². The number of rotatable bonds is 2. The van der Waals surface area contributed by atoms with E-state index in [1.54, 1.807) is 6.20 Å². The summed E-state index contributed by atoms with van der Waals surface area (Å²) < 4.78 is 26.8. The summed E-state index contributed by atoms with van der Waals surface area (Å²) in [5, 5.41) is 11.7. The van der Waals surface area contributed by atoms with Crippen molar-refractivity contribution < 1.29 is 8.68 Å². The molecular formula is C33H37N2+. The van der Waals surface area contributed by atoms with Gasteiger partial charge in [0.25, 0.3) is 0 Å². The van der Waals surface area contributed by atoms with E-state index in [0.29, 0.717) is 11.1 Å². The first-order chi connectivity index (χ1) is 17.5. The first-order valence-electron chi connectivity index (χ1n) is 13.7. The lowest BCUT2D eigenvalue weighted by molar-refractivity contribution is -0.660. The van der Waals surface area contributed by atoms with Crippen molar-refractivity contribution in [2.45, 2.75) is 66.1 Å². The van der Waals surface area contributed by atoms with E-state index >= 15 is 0 Å². The third-order valence-electron chi connectivity index (χ3n) is 6.96. The van der Waals surface area contributed by atoms with Crippen LogP contribution in [0.5, 0.6) is 0 Å². The van der Waals surface area contributed by atoms with Crippen LogP contribution in [0.25, 0.3) is 33.2 Å². The van der Waals surface area contributed by atoms with Crippen molar-refractivity contribution in [1.82, 2.24) is 0 Å². The second-order valence-corrected chi connectivity index (χ2v) is 11.6. The van der Waals surface area contributed by atoms with E-state index in [1.807, 2.05) is 48.0 Å². The molecule has 0 aliphatic heterocycles. The monoisotopic (exact) mass is 464 g/mol. The first-order valence-corrected chi connectivity index (χ1v) is 12.2. The molecule has 3 aromatic carbocycles. The Balaban J connectivity index is 2.04. The Hall–Kier alpha value is -3.44. The van der Waals surface area contributed by atoms with E-state index in [1.165, 1.54) is 5.56 Å². The maximum absolute atomic E-state index is 9.52. The molecule has 0 unspecified atom stereocenters. The number of aryl methyl sites for hydroxylation is 3. The van der Waals surface area contributed by atoms with Crippen LogP contribution in [0.2, 0.25) is 0 Å². The predicted molar refractivity (Wildman–Crippen MR) is 148 cm³/mol. The van der Waals surface area contributed by atoms with Crippen LogP contribution >= 0.6 is 0 Å². The Labute approximate surface area is 215 Å². The van der Waals surface area contributed by atoms with Gasteiger partial charge in [0.1, 0.15) is 7.05 Å². The van der Waals surface area contributed by atoms with E-state index in [9.17, 15) is 5.26 Å². The molecule has 0 spiro atoms. The van der Waals surface area contributed by atoms with Crippen LogP contribution in [0, 0.1) is 25.1 Å². The van der Waals surface area contributed by atoms with E-state index in [-0.39, 0.29) is 10.8 Å². The SMILES string of the molecule is [2H]C([2H])([2H])c1c[n+](C)c(-c2cc(C(C)(C)C)c3cc(C#N)ccc3c2C)cc1-c1ccc(C(C)(C)C)cc1. The van der Waals surface area contributed by atoms with Crippen LogP contribution in [-0.4, -0.2) is 0 Å². The summed E-state index contributed by atoms with van der Waals surface area (Å²) >= 11 is 0. The second kappa shape index (κ2) is 8.65. The average molecular weight is 465 g/mol. The molecule has 1 heterocycles. The molecule has 0 atom stereocenters. The molecule has 0 aliphatic carbocycles. The molecule has 0 fully saturated rings. The number of fused-ring (bicyclic) bond motifs is 1. The topological polar surface area (TPSA) is 27.7 Å². The summed E-state index contributed by atoms with van der Waals surface area (Å²) in [4.78, 5) is 0. The summed E-state index contributed by atoms with van der Waals surface area (Å²) in [5.41, 5.74) is 7.90. The van der Waals surface area contributed by atoms with Crippen LogP contribution in [0.3, 0.4) is 0 Å². The zero-order valence-corrected chi connectivity index (χ0v) is 22.2. The van der Waals surface area contributed by atoms with Crippen molar-refractivity contribution >= 4 is 10.8 Å². The standard InChI is InChI=1S/C33H37N2/c1-21-20-35(9)31(18-27(21)24-11-13-25(14-12-24)32(3,4)5)28-17-30(33(6,7)8)29-16-23(19-34)10-15-26(29)22(28)2/h10-18,20H,1-9H3/q+1/i1D3. The molecule has 35 heavy (non-hydrogen) atoms. The van der Waals surface area contributed by atoms with Crippen LogP contribution < -0.4 is 4.57 Å². The fourth-order valence-corrected chi connectivity index (χ4v) is 4.83. The predicted octanol–water partition coefficient (Wildman–Crippen LogP) is 8.08. The van der Waals surface area contributed by atoms with Crippen LogP contribution in [0.1, 0.15) is 73.5 Å². The molecule has 0 saturated heterocycles. The van der Waals surface area contributed by atoms with E-state index in [2.05, 4.69) is 72.7 Å². The number of hydrogen-bond donors (Lipinski definition) is 0. The normalized spacial score (nSPS) is 13.7. The zero-order chi connectivity index (χ0) is 28.2. The lowest BCUT2D eigenvalue weighted by atomic mass is 9.80. The molecule has 2 heteroatoms. The number of nitrogens with zero attached hydrogens (tertiary/aromatic N) is 2. The number of pyridine rings is 1. The number of benzene rings is 3. The molecule has 0 amide bonds. The van der Waals surface area contributed by atoms with Gasteiger partial charge in [-0.05, 0) is 81.4 Å². The Kier molecular flexibility index (Phi) is 5.16. The number of nitriles is 1. The molecule has 0 aliphatic rings. The van der Waals surface area contributed by atoms with Gasteiger partial charge in [0.15, 0.2) is 6.20 Å². The summed E-state index contributed by atoms with van der Waals surface area (Å²) in [6, 6.07) is 20.7. The van der Waals surface area contributed by atoms with Crippen molar-refractivity contribution in [2.24, 2.45) is 7.05 Å². The molecule has 0 N–H and O–H groups in total. The van der Waals surface area contributed by atoms with Gasteiger partial charge in [0, 0.05) is 21.3 Å². The average Bonchev–Trinajstić information content (AvgIpc) is 2.82. The quantitative estimate of drug-likeness (QED) is 0.276. The minimum absolute atomic E-state index is 0.0106. The molecule has 1 aromatic heterocycles. The smallest absolute Gasteiger partial charge is 0.201 e. The highest BCUT2D eigenvalue weighted by Gasteiger charge is 2.24. The van der Waals surface area contributed by atoms with E-state index in [0.717, 1.165) is 44.3 Å². The summed E-state index contributed by atoms with van der Waals surface area (Å²) in [5.74, 6) is 0. The molecule has 178 valence electrons. The van der Waals surface area contributed by atoms with Crippen molar-refractivity contribution in [3.63, 3.8) is 0 Å². The molecule has 4 rings (SSSR count). The summed E-state index contributed by atoms with van der Waals surface area (Å²) in [6.07, 6.45) is 1.76. The van der Waals surface area contributed by atoms with Crippen molar-refractivity contribution in [1.29, 1.82) is 5.26 Å². The highest BCUT2D eigenvalue weighted by Crippen LogP contribution is 2.38. The Morgan fingerprint density at radius 2 is 1.51 bits per heavy atom. The highest BCUT2D eigenvalue weighted by molar-refractivity contribution is 5.95. The van der Waals surface area contributed by atoms with Gasteiger partial charge in [0.2, 0.25) is 5.69 Å². The maximum atomic E-state index is 9.52. The third kappa shape index (κ3) is 4.61. The number of aromatic nitrogens is 1. The van der Waals surface area contributed by atoms with Gasteiger partial charge in [-0.2, -0.15) is 5.26 Å². The van der Waals surface area contributed by atoms with Crippen LogP contribution in [0.15, 0.2) is 60.8 Å². The van der Waals surface area contributed by atoms with Gasteiger partial charge >= 0.3 is 0 Å². The summed E-state index contributed by atoms with van der Waals surface area (Å²) in [6.45, 7) is 12.9. The van der Waals surface area contributed by atoms with Gasteiger partial charge < -0.3 is 0 Å². The molecule has 0 saturated carbocycles. The third-order valence-corrected chi connectivity index (χ3v) is 6.96. The molecule has 0 radical (unpaired) electrons. The molecule has 2 nitrogen and oxygen atoms in total. The minimum atomic E-state index is -2.25. The van der Waals surface area contributed by atoms with Gasteiger partial charge in [-0.15, -0.1) is 0 Å². The van der Waals surface area contributed by atoms with Gasteiger partial charge in [-0.1, -0.05) is 71.9 Å². The Morgan fingerprint density at radius 3 is 2.09 bits per heavy atom. The first kappa shape index (κ1) is 20.9. The molecular weight excluding hydrogens is 424 g/mol. The lowest BCUT2D eigenvalue weighted by Gasteiger charge is -2.24. The minimum Gasteiger partial charge on any atom is -0.201 e. The Morgan fingerprint density at radius 1 is 0.829 bits per heavy atom. The Bertz CT molecular complexity index is 1570. The summed E-state index contributed by atoms with van der Waals surface area (Å²) in [7, 11) is 1.91. The highest BCUT2D eigenvalue weighted by atomic mass is 14.9. The van der Waals surface area contributed by atoms with E-state index in [4.69, 9.17) is 4.11 Å².